The van der Waals surface area contributed by atoms with Crippen molar-refractivity contribution in [3.8, 4) is 11.3 Å². The van der Waals surface area contributed by atoms with Crippen molar-refractivity contribution in [2.24, 2.45) is 4.99 Å². The van der Waals surface area contributed by atoms with Crippen molar-refractivity contribution in [3.05, 3.63) is 100 Å². The smallest absolute Gasteiger partial charge is 0.243 e. The summed E-state index contributed by atoms with van der Waals surface area (Å²) in [5.41, 5.74) is 2.48. The largest absolute Gasteiger partial charge is 0.379 e. The minimum Gasteiger partial charge on any atom is -0.379 e. The molecule has 1 aliphatic heterocycles. The Kier molecular flexibility index (Phi) is 7.10. The maximum atomic E-state index is 14.6. The van der Waals surface area contributed by atoms with Crippen LogP contribution in [0.4, 0.5) is 14.5 Å². The van der Waals surface area contributed by atoms with Gasteiger partial charge in [0.25, 0.3) is 0 Å². The first-order chi connectivity index (χ1) is 17.4. The molecule has 0 saturated carbocycles. The zero-order valence-electron chi connectivity index (χ0n) is 19.2. The van der Waals surface area contributed by atoms with Crippen LogP contribution in [-0.4, -0.2) is 43.6 Å². The number of nitrogens with zero attached hydrogens (tertiary/aromatic N) is 3. The minimum atomic E-state index is -3.60. The SMILES string of the molecule is O=S(=O)(c1ccc(N=c2scc(-c3ccccc3F)n2Cc2ccc(F)cc2)cc1)N1CCOCC1. The molecule has 0 unspecified atom stereocenters. The monoisotopic (exact) mass is 527 g/mol. The average molecular weight is 528 g/mol. The second kappa shape index (κ2) is 10.4. The number of morpholine rings is 1. The lowest BCUT2D eigenvalue weighted by molar-refractivity contribution is 0.0730. The number of benzene rings is 3. The first-order valence-electron chi connectivity index (χ1n) is 11.3. The Morgan fingerprint density at radius 1 is 0.917 bits per heavy atom. The van der Waals surface area contributed by atoms with Gasteiger partial charge in [0.1, 0.15) is 11.6 Å². The lowest BCUT2D eigenvalue weighted by Gasteiger charge is -2.26. The number of aromatic nitrogens is 1. The van der Waals surface area contributed by atoms with Crippen molar-refractivity contribution < 1.29 is 21.9 Å². The van der Waals surface area contributed by atoms with Crippen molar-refractivity contribution in [3.63, 3.8) is 0 Å². The zero-order valence-corrected chi connectivity index (χ0v) is 20.8. The Morgan fingerprint density at radius 2 is 1.61 bits per heavy atom. The highest BCUT2D eigenvalue weighted by molar-refractivity contribution is 7.89. The molecule has 36 heavy (non-hydrogen) atoms. The fraction of sp³-hybridized carbons (Fsp3) is 0.192. The zero-order chi connectivity index (χ0) is 25.1. The fourth-order valence-electron chi connectivity index (χ4n) is 3.97. The van der Waals surface area contributed by atoms with E-state index in [2.05, 4.69) is 0 Å². The summed E-state index contributed by atoms with van der Waals surface area (Å²) in [7, 11) is -3.60. The van der Waals surface area contributed by atoms with Gasteiger partial charge in [0.15, 0.2) is 4.80 Å². The van der Waals surface area contributed by atoms with Crippen LogP contribution in [0, 0.1) is 11.6 Å². The molecule has 0 spiro atoms. The summed E-state index contributed by atoms with van der Waals surface area (Å²) >= 11 is 1.34. The van der Waals surface area contributed by atoms with Gasteiger partial charge in [-0.2, -0.15) is 4.31 Å². The molecular formula is C26H23F2N3O3S2. The number of sulfonamides is 1. The molecule has 0 aliphatic carbocycles. The number of halogens is 2. The maximum Gasteiger partial charge on any atom is 0.243 e. The van der Waals surface area contributed by atoms with Crippen LogP contribution < -0.4 is 4.80 Å². The third-order valence-electron chi connectivity index (χ3n) is 5.87. The second-order valence-corrected chi connectivity index (χ2v) is 11.0. The van der Waals surface area contributed by atoms with Crippen molar-refractivity contribution in [1.82, 2.24) is 8.87 Å². The van der Waals surface area contributed by atoms with E-state index in [-0.39, 0.29) is 16.5 Å². The predicted octanol–water partition coefficient (Wildman–Crippen LogP) is 4.80. The standard InChI is InChI=1S/C26H23F2N3O3S2/c27-20-7-5-19(6-8-20)17-31-25(23-3-1-2-4-24(23)28)18-35-26(31)29-21-9-11-22(12-10-21)36(32,33)30-13-15-34-16-14-30/h1-12,18H,13-17H2. The van der Waals surface area contributed by atoms with Gasteiger partial charge < -0.3 is 9.30 Å². The van der Waals surface area contributed by atoms with Gasteiger partial charge in [-0.25, -0.2) is 22.2 Å². The number of ether oxygens (including phenoxy) is 1. The van der Waals surface area contributed by atoms with E-state index in [1.807, 2.05) is 9.95 Å². The van der Waals surface area contributed by atoms with E-state index in [0.717, 1.165) is 5.56 Å². The van der Waals surface area contributed by atoms with Gasteiger partial charge in [-0.1, -0.05) is 24.3 Å². The van der Waals surface area contributed by atoms with Crippen molar-refractivity contribution in [2.45, 2.75) is 11.4 Å². The molecule has 1 aliphatic rings. The van der Waals surface area contributed by atoms with E-state index in [1.54, 1.807) is 54.6 Å². The van der Waals surface area contributed by atoms with E-state index in [9.17, 15) is 17.2 Å². The number of rotatable bonds is 6. The van der Waals surface area contributed by atoms with Gasteiger partial charge in [0, 0.05) is 24.0 Å². The van der Waals surface area contributed by atoms with Crippen LogP contribution in [0.25, 0.3) is 11.3 Å². The Morgan fingerprint density at radius 3 is 2.31 bits per heavy atom. The molecule has 5 rings (SSSR count). The fourth-order valence-corrected chi connectivity index (χ4v) is 6.30. The molecule has 10 heteroatoms. The Hall–Kier alpha value is -3.18. The number of thiazole rings is 1. The topological polar surface area (TPSA) is 63.9 Å². The number of hydrogen-bond donors (Lipinski definition) is 0. The first kappa shape index (κ1) is 24.5. The van der Waals surface area contributed by atoms with E-state index in [1.165, 1.54) is 33.8 Å². The normalized spacial score (nSPS) is 15.3. The van der Waals surface area contributed by atoms with Gasteiger partial charge >= 0.3 is 0 Å². The van der Waals surface area contributed by atoms with E-state index in [4.69, 9.17) is 9.73 Å². The third kappa shape index (κ3) is 5.17. The van der Waals surface area contributed by atoms with E-state index in [0.29, 0.717) is 54.6 Å². The van der Waals surface area contributed by atoms with Crippen LogP contribution >= 0.6 is 11.3 Å². The quantitative estimate of drug-likeness (QED) is 0.362. The summed E-state index contributed by atoms with van der Waals surface area (Å²) in [4.78, 5) is 5.52. The summed E-state index contributed by atoms with van der Waals surface area (Å²) in [6.07, 6.45) is 0. The first-order valence-corrected chi connectivity index (χ1v) is 13.6. The third-order valence-corrected chi connectivity index (χ3v) is 8.65. The van der Waals surface area contributed by atoms with Crippen LogP contribution in [0.3, 0.4) is 0 Å². The minimum absolute atomic E-state index is 0.195. The summed E-state index contributed by atoms with van der Waals surface area (Å²) < 4.78 is 62.4. The molecule has 0 bridgehead atoms. The molecule has 186 valence electrons. The van der Waals surface area contributed by atoms with Crippen LogP contribution in [-0.2, 0) is 21.3 Å². The van der Waals surface area contributed by atoms with Crippen molar-refractivity contribution in [2.75, 3.05) is 26.3 Å². The van der Waals surface area contributed by atoms with Gasteiger partial charge in [-0.05, 0) is 54.1 Å². The molecule has 1 aromatic heterocycles. The molecule has 4 aromatic rings. The summed E-state index contributed by atoms with van der Waals surface area (Å²) in [5.74, 6) is -0.687. The molecule has 6 nitrogen and oxygen atoms in total. The van der Waals surface area contributed by atoms with Crippen LogP contribution in [0.2, 0.25) is 0 Å². The highest BCUT2D eigenvalue weighted by Crippen LogP contribution is 2.25. The lowest BCUT2D eigenvalue weighted by Crippen LogP contribution is -2.40. The molecule has 0 atom stereocenters. The van der Waals surface area contributed by atoms with Gasteiger partial charge in [-0.3, -0.25) is 0 Å². The Balaban J connectivity index is 1.52. The van der Waals surface area contributed by atoms with Gasteiger partial charge in [0.2, 0.25) is 10.0 Å². The molecule has 1 fully saturated rings. The predicted molar refractivity (Wildman–Crippen MR) is 134 cm³/mol. The molecule has 0 radical (unpaired) electrons. The molecule has 2 heterocycles. The van der Waals surface area contributed by atoms with Gasteiger partial charge in [0.05, 0.1) is 36.0 Å². The molecular weight excluding hydrogens is 504 g/mol. The van der Waals surface area contributed by atoms with E-state index < -0.39 is 10.0 Å². The van der Waals surface area contributed by atoms with Crippen LogP contribution in [0.1, 0.15) is 5.56 Å². The van der Waals surface area contributed by atoms with Gasteiger partial charge in [-0.15, -0.1) is 11.3 Å². The molecule has 3 aromatic carbocycles. The average Bonchev–Trinajstić information content (AvgIpc) is 3.28. The molecule has 0 N–H and O–H groups in total. The Labute approximate surface area is 211 Å². The highest BCUT2D eigenvalue weighted by Gasteiger charge is 2.26. The lowest BCUT2D eigenvalue weighted by atomic mass is 10.1. The summed E-state index contributed by atoms with van der Waals surface area (Å²) in [6, 6.07) is 19.0. The summed E-state index contributed by atoms with van der Waals surface area (Å²) in [5, 5.41) is 1.83. The maximum absolute atomic E-state index is 14.6. The van der Waals surface area contributed by atoms with Crippen molar-refractivity contribution in [1.29, 1.82) is 0 Å². The second-order valence-electron chi connectivity index (χ2n) is 8.22. The molecule has 1 saturated heterocycles. The van der Waals surface area contributed by atoms with Crippen LogP contribution in [0.15, 0.2) is 88.1 Å². The summed E-state index contributed by atoms with van der Waals surface area (Å²) in [6.45, 7) is 1.76. The Bertz CT molecular complexity index is 1520. The van der Waals surface area contributed by atoms with E-state index >= 15 is 0 Å². The highest BCUT2D eigenvalue weighted by atomic mass is 32.2. The molecule has 0 amide bonds. The van der Waals surface area contributed by atoms with Crippen LogP contribution in [0.5, 0.6) is 0 Å². The number of hydrogen-bond acceptors (Lipinski definition) is 5. The van der Waals surface area contributed by atoms with Crippen molar-refractivity contribution >= 4 is 27.0 Å².